The van der Waals surface area contributed by atoms with E-state index >= 15 is 0 Å². The molecular weight excluding hydrogens is 198 g/mol. The van der Waals surface area contributed by atoms with Gasteiger partial charge in [-0.25, -0.2) is 0 Å². The van der Waals surface area contributed by atoms with Gasteiger partial charge in [-0.1, -0.05) is 11.6 Å². The molecule has 3 heteroatoms. The first-order valence-electron chi connectivity index (χ1n) is 5.26. The molecule has 0 aliphatic rings. The van der Waals surface area contributed by atoms with Crippen molar-refractivity contribution < 1.29 is 0 Å². The quantitative estimate of drug-likeness (QED) is 0.773. The Bertz CT molecular complexity index is 645. The van der Waals surface area contributed by atoms with E-state index in [1.165, 1.54) is 0 Å². The normalized spacial score (nSPS) is 10.3. The van der Waals surface area contributed by atoms with E-state index in [2.05, 4.69) is 6.07 Å². The minimum Gasteiger partial charge on any atom is -0.346 e. The number of hydrogen-bond donors (Lipinski definition) is 1. The molecule has 1 aromatic heterocycles. The first-order valence-corrected chi connectivity index (χ1v) is 5.26. The van der Waals surface area contributed by atoms with E-state index in [9.17, 15) is 0 Å². The van der Waals surface area contributed by atoms with E-state index in [-0.39, 0.29) is 0 Å². The van der Waals surface area contributed by atoms with Crippen molar-refractivity contribution in [2.45, 2.75) is 20.4 Å². The zero-order chi connectivity index (χ0) is 11.7. The smallest absolute Gasteiger partial charge is 0.103 e. The maximum Gasteiger partial charge on any atom is 0.103 e. The van der Waals surface area contributed by atoms with Crippen molar-refractivity contribution in [3.63, 3.8) is 0 Å². The second-order valence-corrected chi connectivity index (χ2v) is 3.84. The van der Waals surface area contributed by atoms with Gasteiger partial charge in [0.1, 0.15) is 6.07 Å². The molecule has 3 nitrogen and oxygen atoms in total. The summed E-state index contributed by atoms with van der Waals surface area (Å²) in [6.07, 6.45) is 1.75. The molecule has 0 atom stereocenters. The van der Waals surface area contributed by atoms with Crippen LogP contribution in [0.1, 0.15) is 18.1 Å². The minimum atomic E-state index is 0.325. The highest BCUT2D eigenvalue weighted by atomic mass is 14.9. The molecule has 0 amide bonds. The number of aromatic nitrogens is 1. The summed E-state index contributed by atoms with van der Waals surface area (Å²) >= 11 is 0. The highest BCUT2D eigenvalue weighted by molar-refractivity contribution is 5.80. The molecule has 0 fully saturated rings. The maximum absolute atomic E-state index is 8.98. The van der Waals surface area contributed by atoms with Gasteiger partial charge in [-0.3, -0.25) is 5.41 Å². The molecule has 1 N–H and O–H groups in total. The number of fused-ring (bicyclic) bond motifs is 1. The van der Waals surface area contributed by atoms with Crippen LogP contribution >= 0.6 is 0 Å². The van der Waals surface area contributed by atoms with Gasteiger partial charge in [0.2, 0.25) is 0 Å². The zero-order valence-corrected chi connectivity index (χ0v) is 9.41. The van der Waals surface area contributed by atoms with E-state index in [1.807, 2.05) is 36.6 Å². The summed E-state index contributed by atoms with van der Waals surface area (Å²) in [7, 11) is 0. The van der Waals surface area contributed by atoms with Crippen LogP contribution in [0.2, 0.25) is 0 Å². The third-order valence-electron chi connectivity index (χ3n) is 2.75. The van der Waals surface area contributed by atoms with Crippen LogP contribution in [0.4, 0.5) is 0 Å². The van der Waals surface area contributed by atoms with Crippen molar-refractivity contribution in [1.29, 1.82) is 10.7 Å². The number of nitrogens with zero attached hydrogens (tertiary/aromatic N) is 2. The molecule has 16 heavy (non-hydrogen) atoms. The molecule has 0 radical (unpaired) electrons. The van der Waals surface area contributed by atoms with Crippen LogP contribution in [-0.2, 0) is 6.54 Å². The average Bonchev–Trinajstić information content (AvgIpc) is 2.30. The molecule has 0 bridgehead atoms. The predicted octanol–water partition coefficient (Wildman–Crippen LogP) is 2.32. The molecule has 0 aliphatic carbocycles. The second-order valence-electron chi connectivity index (χ2n) is 3.84. The number of nitrogens with one attached hydrogen (secondary N) is 1. The third kappa shape index (κ3) is 1.49. The molecule has 2 rings (SSSR count). The Balaban J connectivity index is 2.99. The van der Waals surface area contributed by atoms with Crippen LogP contribution in [0.25, 0.3) is 10.9 Å². The Kier molecular flexibility index (Phi) is 2.49. The summed E-state index contributed by atoms with van der Waals surface area (Å²) in [6, 6.07) is 8.07. The summed E-state index contributed by atoms with van der Waals surface area (Å²) in [5.74, 6) is 0. The number of pyridine rings is 1. The Morgan fingerprint density at radius 2 is 2.19 bits per heavy atom. The minimum absolute atomic E-state index is 0.325. The highest BCUT2D eigenvalue weighted by Crippen LogP contribution is 2.13. The first kappa shape index (κ1) is 10.4. The molecule has 80 valence electrons. The Morgan fingerprint density at radius 3 is 2.81 bits per heavy atom. The van der Waals surface area contributed by atoms with Crippen LogP contribution < -0.4 is 5.36 Å². The summed E-state index contributed by atoms with van der Waals surface area (Å²) in [6.45, 7) is 4.83. The maximum atomic E-state index is 8.98. The van der Waals surface area contributed by atoms with E-state index in [0.717, 1.165) is 23.0 Å². The van der Waals surface area contributed by atoms with E-state index in [0.29, 0.717) is 10.9 Å². The molecular formula is C13H13N3. The molecule has 0 aliphatic heterocycles. The SMILES string of the molecule is CCn1cc(C#N)c(=N)c2cc(C)ccc21. The van der Waals surface area contributed by atoms with Gasteiger partial charge in [0.15, 0.2) is 0 Å². The van der Waals surface area contributed by atoms with Gasteiger partial charge in [0.25, 0.3) is 0 Å². The van der Waals surface area contributed by atoms with Crippen molar-refractivity contribution >= 4 is 10.9 Å². The van der Waals surface area contributed by atoms with Gasteiger partial charge >= 0.3 is 0 Å². The Morgan fingerprint density at radius 1 is 1.44 bits per heavy atom. The zero-order valence-electron chi connectivity index (χ0n) is 9.41. The molecule has 0 unspecified atom stereocenters. The number of benzene rings is 1. The van der Waals surface area contributed by atoms with Crippen molar-refractivity contribution in [2.75, 3.05) is 0 Å². The fraction of sp³-hybridized carbons (Fsp3) is 0.231. The molecule has 0 saturated heterocycles. The lowest BCUT2D eigenvalue weighted by molar-refractivity contribution is 0.784. The average molecular weight is 211 g/mol. The Hall–Kier alpha value is -2.08. The van der Waals surface area contributed by atoms with Crippen LogP contribution in [-0.4, -0.2) is 4.57 Å². The second kappa shape index (κ2) is 3.82. The molecule has 1 aromatic carbocycles. The van der Waals surface area contributed by atoms with Crippen molar-refractivity contribution in [2.24, 2.45) is 0 Å². The molecule has 2 aromatic rings. The fourth-order valence-electron chi connectivity index (χ4n) is 1.88. The van der Waals surface area contributed by atoms with Gasteiger partial charge < -0.3 is 4.57 Å². The van der Waals surface area contributed by atoms with Crippen LogP contribution in [0.5, 0.6) is 0 Å². The lowest BCUT2D eigenvalue weighted by atomic mass is 10.1. The molecule has 1 heterocycles. The summed E-state index contributed by atoms with van der Waals surface area (Å²) < 4.78 is 2.01. The van der Waals surface area contributed by atoms with Crippen molar-refractivity contribution in [3.8, 4) is 6.07 Å². The van der Waals surface area contributed by atoms with Gasteiger partial charge in [-0.15, -0.1) is 0 Å². The highest BCUT2D eigenvalue weighted by Gasteiger charge is 2.05. The van der Waals surface area contributed by atoms with Crippen LogP contribution in [0.15, 0.2) is 24.4 Å². The van der Waals surface area contributed by atoms with Crippen LogP contribution in [0.3, 0.4) is 0 Å². The van der Waals surface area contributed by atoms with E-state index in [1.54, 1.807) is 6.20 Å². The van der Waals surface area contributed by atoms with Gasteiger partial charge in [0, 0.05) is 18.1 Å². The standard InChI is InChI=1S/C13H13N3/c1-3-16-8-10(7-14)13(15)11-6-9(2)4-5-12(11)16/h4-6,8,15H,3H2,1-2H3. The number of aryl methyl sites for hydroxylation is 2. The lowest BCUT2D eigenvalue weighted by Gasteiger charge is -2.10. The Labute approximate surface area is 94.1 Å². The largest absolute Gasteiger partial charge is 0.346 e. The summed E-state index contributed by atoms with van der Waals surface area (Å²) in [4.78, 5) is 0. The third-order valence-corrected chi connectivity index (χ3v) is 2.75. The van der Waals surface area contributed by atoms with E-state index in [4.69, 9.17) is 10.7 Å². The summed E-state index contributed by atoms with van der Waals surface area (Å²) in [5.41, 5.74) is 2.55. The lowest BCUT2D eigenvalue weighted by Crippen LogP contribution is -2.12. The van der Waals surface area contributed by atoms with Gasteiger partial charge in [-0.05, 0) is 26.0 Å². The van der Waals surface area contributed by atoms with Crippen molar-refractivity contribution in [1.82, 2.24) is 4.57 Å². The molecule has 0 saturated carbocycles. The van der Waals surface area contributed by atoms with E-state index < -0.39 is 0 Å². The monoisotopic (exact) mass is 211 g/mol. The predicted molar refractivity (Wildman–Crippen MR) is 62.9 cm³/mol. The number of rotatable bonds is 1. The van der Waals surface area contributed by atoms with Crippen LogP contribution in [0, 0.1) is 23.7 Å². The topological polar surface area (TPSA) is 52.6 Å². The van der Waals surface area contributed by atoms with Gasteiger partial charge in [-0.2, -0.15) is 5.26 Å². The number of hydrogen-bond acceptors (Lipinski definition) is 2. The number of nitriles is 1. The molecule has 0 spiro atoms. The van der Waals surface area contributed by atoms with Gasteiger partial charge in [0.05, 0.1) is 16.4 Å². The van der Waals surface area contributed by atoms with Crippen molar-refractivity contribution in [3.05, 3.63) is 40.9 Å². The fourth-order valence-corrected chi connectivity index (χ4v) is 1.88. The first-order chi connectivity index (χ1) is 7.67. The summed E-state index contributed by atoms with van der Waals surface area (Å²) in [5, 5.41) is 18.1.